The van der Waals surface area contributed by atoms with Crippen molar-refractivity contribution in [2.24, 2.45) is 58.0 Å². The molecular weight excluding hydrogens is 438 g/mol. The van der Waals surface area contributed by atoms with Crippen molar-refractivity contribution in [3.8, 4) is 0 Å². The smallest absolute Gasteiger partial charge is 0.00672 e. The second-order valence-electron chi connectivity index (χ2n) is 15.4. The van der Waals surface area contributed by atoms with Crippen molar-refractivity contribution in [3.63, 3.8) is 0 Å². The van der Waals surface area contributed by atoms with E-state index in [0.717, 1.165) is 60.4 Å². The summed E-state index contributed by atoms with van der Waals surface area (Å²) < 4.78 is 0. The second-order valence-corrected chi connectivity index (χ2v) is 15.4. The third-order valence-electron chi connectivity index (χ3n) is 13.1. The topological polar surface area (TPSA) is 41.3 Å². The van der Waals surface area contributed by atoms with Crippen molar-refractivity contribution in [2.75, 3.05) is 32.7 Å². The minimum absolute atomic E-state index is 0.595. The first-order valence-corrected chi connectivity index (χ1v) is 16.4. The minimum atomic E-state index is 0.595. The summed E-state index contributed by atoms with van der Waals surface area (Å²) in [5, 5.41) is 4.17. The molecule has 6 atom stereocenters. The number of likely N-dealkylation sites (tertiary alicyclic amines) is 1. The number of nitrogens with zero attached hydrogens (tertiary/aromatic N) is 1. The van der Waals surface area contributed by atoms with E-state index >= 15 is 0 Å². The van der Waals surface area contributed by atoms with Gasteiger partial charge in [0.15, 0.2) is 0 Å². The first-order chi connectivity index (χ1) is 17.3. The predicted molar refractivity (Wildman–Crippen MR) is 154 cm³/mol. The van der Waals surface area contributed by atoms with E-state index in [1.807, 2.05) is 0 Å². The summed E-state index contributed by atoms with van der Waals surface area (Å²) in [7, 11) is 0. The van der Waals surface area contributed by atoms with Crippen molar-refractivity contribution >= 4 is 0 Å². The zero-order valence-electron chi connectivity index (χ0n) is 24.6. The molecule has 0 aromatic carbocycles. The molecule has 3 nitrogen and oxygen atoms in total. The molecular formula is C33H61N3. The summed E-state index contributed by atoms with van der Waals surface area (Å²) in [6, 6.07) is 0.750. The van der Waals surface area contributed by atoms with Crippen LogP contribution in [0.15, 0.2) is 0 Å². The van der Waals surface area contributed by atoms with Gasteiger partial charge in [-0.15, -0.1) is 0 Å². The average Bonchev–Trinajstić information content (AvgIpc) is 3.61. The first-order valence-electron chi connectivity index (χ1n) is 16.4. The highest BCUT2D eigenvalue weighted by Crippen LogP contribution is 2.62. The Morgan fingerprint density at radius 1 is 0.778 bits per heavy atom. The lowest BCUT2D eigenvalue weighted by molar-refractivity contribution is 0.0992. The van der Waals surface area contributed by atoms with E-state index in [2.05, 4.69) is 37.9 Å². The van der Waals surface area contributed by atoms with E-state index in [-0.39, 0.29) is 0 Å². The maximum absolute atomic E-state index is 5.73. The van der Waals surface area contributed by atoms with Crippen molar-refractivity contribution in [1.82, 2.24) is 10.2 Å². The highest BCUT2D eigenvalue weighted by molar-refractivity contribution is 5.03. The van der Waals surface area contributed by atoms with Crippen molar-refractivity contribution in [2.45, 2.75) is 124 Å². The van der Waals surface area contributed by atoms with Gasteiger partial charge in [0.1, 0.15) is 0 Å². The zero-order chi connectivity index (χ0) is 25.3. The molecule has 0 aromatic heterocycles. The summed E-state index contributed by atoms with van der Waals surface area (Å²) in [6.07, 6.45) is 20.3. The highest BCUT2D eigenvalue weighted by atomic mass is 15.1. The maximum atomic E-state index is 5.73. The van der Waals surface area contributed by atoms with E-state index in [1.54, 1.807) is 12.8 Å². The lowest BCUT2D eigenvalue weighted by Gasteiger charge is -2.40. The van der Waals surface area contributed by atoms with E-state index in [1.165, 1.54) is 96.8 Å². The largest absolute Gasteiger partial charge is 0.330 e. The summed E-state index contributed by atoms with van der Waals surface area (Å²) >= 11 is 0. The number of piperidine rings is 1. The van der Waals surface area contributed by atoms with Crippen LogP contribution in [0.5, 0.6) is 0 Å². The predicted octanol–water partition coefficient (Wildman–Crippen LogP) is 7.10. The molecule has 0 spiro atoms. The molecule has 4 saturated carbocycles. The SMILES string of the molecule is CC1(C)C2CCC(C2)C1CCC(CCC1C2CCC(C2)C1(C)C)NCCC1CCN(CCCN)CC1. The zero-order valence-corrected chi connectivity index (χ0v) is 24.6. The van der Waals surface area contributed by atoms with Gasteiger partial charge in [0.2, 0.25) is 0 Å². The Labute approximate surface area is 224 Å². The van der Waals surface area contributed by atoms with Crippen LogP contribution in [0.25, 0.3) is 0 Å². The van der Waals surface area contributed by atoms with E-state index in [4.69, 9.17) is 5.73 Å². The van der Waals surface area contributed by atoms with Gasteiger partial charge in [-0.05, 0) is 175 Å². The van der Waals surface area contributed by atoms with Crippen LogP contribution >= 0.6 is 0 Å². The molecule has 0 radical (unpaired) electrons. The summed E-state index contributed by atoms with van der Waals surface area (Å²) in [5.41, 5.74) is 6.92. The number of nitrogens with one attached hydrogen (secondary N) is 1. The summed E-state index contributed by atoms with van der Waals surface area (Å²) in [4.78, 5) is 2.65. The number of hydrogen-bond acceptors (Lipinski definition) is 3. The molecule has 4 aliphatic carbocycles. The van der Waals surface area contributed by atoms with Crippen molar-refractivity contribution < 1.29 is 0 Å². The number of fused-ring (bicyclic) bond motifs is 4. The summed E-state index contributed by atoms with van der Waals surface area (Å²) in [5.74, 6) is 7.02. The Bertz CT molecular complexity index is 651. The fourth-order valence-electron chi connectivity index (χ4n) is 10.6. The van der Waals surface area contributed by atoms with Gasteiger partial charge in [-0.3, -0.25) is 0 Å². The van der Waals surface area contributed by atoms with Crippen LogP contribution in [0.2, 0.25) is 0 Å². The Morgan fingerprint density at radius 2 is 1.33 bits per heavy atom. The van der Waals surface area contributed by atoms with Crippen LogP contribution in [0.3, 0.4) is 0 Å². The molecule has 5 fully saturated rings. The molecule has 1 saturated heterocycles. The summed E-state index contributed by atoms with van der Waals surface area (Å²) in [6.45, 7) is 16.3. The van der Waals surface area contributed by atoms with Gasteiger partial charge in [-0.2, -0.15) is 0 Å². The van der Waals surface area contributed by atoms with Gasteiger partial charge in [-0.25, -0.2) is 0 Å². The number of rotatable bonds is 13. The molecule has 36 heavy (non-hydrogen) atoms. The molecule has 6 unspecified atom stereocenters. The third-order valence-corrected chi connectivity index (χ3v) is 13.1. The average molecular weight is 500 g/mol. The molecule has 0 amide bonds. The molecule has 1 heterocycles. The molecule has 3 heteroatoms. The van der Waals surface area contributed by atoms with Crippen molar-refractivity contribution in [1.29, 1.82) is 0 Å². The molecule has 1 aliphatic heterocycles. The molecule has 4 bridgehead atoms. The second kappa shape index (κ2) is 11.5. The van der Waals surface area contributed by atoms with Crippen LogP contribution < -0.4 is 11.1 Å². The Kier molecular flexibility index (Phi) is 8.80. The molecule has 208 valence electrons. The molecule has 0 aromatic rings. The first kappa shape index (κ1) is 27.4. The maximum Gasteiger partial charge on any atom is 0.00672 e. The monoisotopic (exact) mass is 499 g/mol. The lowest BCUT2D eigenvalue weighted by Crippen LogP contribution is -2.38. The van der Waals surface area contributed by atoms with Gasteiger partial charge in [0, 0.05) is 6.04 Å². The van der Waals surface area contributed by atoms with Crippen LogP contribution in [-0.4, -0.2) is 43.7 Å². The van der Waals surface area contributed by atoms with E-state index < -0.39 is 0 Å². The van der Waals surface area contributed by atoms with Crippen LogP contribution in [0.4, 0.5) is 0 Å². The van der Waals surface area contributed by atoms with Crippen LogP contribution in [0, 0.1) is 52.3 Å². The van der Waals surface area contributed by atoms with Crippen molar-refractivity contribution in [3.05, 3.63) is 0 Å². The third kappa shape index (κ3) is 5.74. The minimum Gasteiger partial charge on any atom is -0.330 e. The van der Waals surface area contributed by atoms with Gasteiger partial charge in [-0.1, -0.05) is 27.7 Å². The standard InChI is InChI=1S/C33H61N3/c1-32(2)27-8-6-25(22-27)30(32)12-10-29(11-13-31-26-7-9-28(23-26)33(31,3)4)35-18-14-24-15-20-36(21-16-24)19-5-17-34/h24-31,35H,5-23,34H2,1-4H3. The Morgan fingerprint density at radius 3 is 1.81 bits per heavy atom. The number of hydrogen-bond donors (Lipinski definition) is 2. The van der Waals surface area contributed by atoms with Crippen LogP contribution in [-0.2, 0) is 0 Å². The molecule has 5 rings (SSSR count). The fraction of sp³-hybridized carbons (Fsp3) is 1.00. The van der Waals surface area contributed by atoms with Gasteiger partial charge in [0.05, 0.1) is 0 Å². The van der Waals surface area contributed by atoms with E-state index in [9.17, 15) is 0 Å². The Balaban J connectivity index is 1.11. The quantitative estimate of drug-likeness (QED) is 0.284. The fourth-order valence-corrected chi connectivity index (χ4v) is 10.6. The molecule has 3 N–H and O–H groups in total. The van der Waals surface area contributed by atoms with Gasteiger partial charge < -0.3 is 16.0 Å². The van der Waals surface area contributed by atoms with Gasteiger partial charge >= 0.3 is 0 Å². The van der Waals surface area contributed by atoms with Gasteiger partial charge in [0.25, 0.3) is 0 Å². The lowest BCUT2D eigenvalue weighted by atomic mass is 9.66. The number of nitrogens with two attached hydrogens (primary N) is 1. The van der Waals surface area contributed by atoms with Crippen LogP contribution in [0.1, 0.15) is 118 Å². The normalized spacial score (nSPS) is 38.2. The highest BCUT2D eigenvalue weighted by Gasteiger charge is 2.53. The Hall–Kier alpha value is -0.120. The molecule has 5 aliphatic rings. The van der Waals surface area contributed by atoms with E-state index in [0.29, 0.717) is 10.8 Å².